The smallest absolute Gasteiger partial charge is 0.230 e. The Morgan fingerprint density at radius 3 is 2.18 bits per heavy atom. The Kier molecular flexibility index (Phi) is 6.53. The fourth-order valence-electron chi connectivity index (χ4n) is 2.34. The maximum absolute atomic E-state index is 12.2. The van der Waals surface area contributed by atoms with Gasteiger partial charge in [-0.2, -0.15) is 0 Å². The molecule has 2 aromatic rings. The van der Waals surface area contributed by atoms with Gasteiger partial charge < -0.3 is 5.32 Å². The summed E-state index contributed by atoms with van der Waals surface area (Å²) in [6.07, 6.45) is 0.950. The summed E-state index contributed by atoms with van der Waals surface area (Å²) in [5.74, 6) is 1.07. The van der Waals surface area contributed by atoms with Gasteiger partial charge in [-0.05, 0) is 30.0 Å². The third-order valence-electron chi connectivity index (χ3n) is 3.36. The van der Waals surface area contributed by atoms with Gasteiger partial charge in [-0.3, -0.25) is 4.79 Å². The number of amides is 1. The van der Waals surface area contributed by atoms with Crippen LogP contribution in [0.4, 0.5) is 0 Å². The highest BCUT2D eigenvalue weighted by molar-refractivity contribution is 8.00. The van der Waals surface area contributed by atoms with E-state index in [0.717, 1.165) is 11.3 Å². The quantitative estimate of drug-likeness (QED) is 0.752. The van der Waals surface area contributed by atoms with Crippen molar-refractivity contribution in [3.63, 3.8) is 0 Å². The van der Waals surface area contributed by atoms with Crippen LogP contribution >= 0.6 is 11.8 Å². The molecule has 1 atom stereocenters. The van der Waals surface area contributed by atoms with Crippen molar-refractivity contribution in [1.29, 1.82) is 0 Å². The molecule has 3 heteroatoms. The molecule has 2 aromatic carbocycles. The number of rotatable bonds is 7. The van der Waals surface area contributed by atoms with Crippen molar-refractivity contribution < 1.29 is 4.79 Å². The lowest BCUT2D eigenvalue weighted by Crippen LogP contribution is -2.30. The van der Waals surface area contributed by atoms with Crippen molar-refractivity contribution in [2.45, 2.75) is 31.2 Å². The number of carbonyl (C=O) groups is 1. The molecule has 0 fully saturated rings. The molecule has 0 saturated carbocycles. The standard InChI is InChI=1S/C19H23NOS/c1-15(2)13-18(16-9-5-3-6-10-16)20-19(21)14-22-17-11-7-4-8-12-17/h3-12,15,18H,13-14H2,1-2H3,(H,20,21)/t18-/m1/s1. The summed E-state index contributed by atoms with van der Waals surface area (Å²) >= 11 is 1.57. The Balaban J connectivity index is 1.93. The Morgan fingerprint density at radius 2 is 1.59 bits per heavy atom. The van der Waals surface area contributed by atoms with Crippen LogP contribution in [0.5, 0.6) is 0 Å². The predicted molar refractivity (Wildman–Crippen MR) is 93.9 cm³/mol. The van der Waals surface area contributed by atoms with E-state index in [1.807, 2.05) is 48.5 Å². The molecule has 1 N–H and O–H groups in total. The Hall–Kier alpha value is -1.74. The number of thioether (sulfide) groups is 1. The van der Waals surface area contributed by atoms with Crippen molar-refractivity contribution in [3.05, 3.63) is 66.2 Å². The summed E-state index contributed by atoms with van der Waals surface area (Å²) in [6, 6.07) is 20.3. The number of benzene rings is 2. The van der Waals surface area contributed by atoms with Gasteiger partial charge >= 0.3 is 0 Å². The molecule has 22 heavy (non-hydrogen) atoms. The highest BCUT2D eigenvalue weighted by atomic mass is 32.2. The molecule has 0 aliphatic carbocycles. The molecule has 0 spiro atoms. The molecule has 0 heterocycles. The number of hydrogen-bond acceptors (Lipinski definition) is 2. The second-order valence-corrected chi connectivity index (χ2v) is 6.81. The second-order valence-electron chi connectivity index (χ2n) is 5.76. The molecule has 0 radical (unpaired) electrons. The third kappa shape index (κ3) is 5.57. The normalized spacial score (nSPS) is 12.1. The number of nitrogens with one attached hydrogen (secondary N) is 1. The molecule has 0 bridgehead atoms. The topological polar surface area (TPSA) is 29.1 Å². The summed E-state index contributed by atoms with van der Waals surface area (Å²) in [5, 5.41) is 3.18. The van der Waals surface area contributed by atoms with Gasteiger partial charge in [-0.15, -0.1) is 11.8 Å². The molecule has 0 unspecified atom stereocenters. The molecular formula is C19H23NOS. The lowest BCUT2D eigenvalue weighted by molar-refractivity contribution is -0.119. The van der Waals surface area contributed by atoms with Gasteiger partial charge in [-0.1, -0.05) is 62.4 Å². The zero-order chi connectivity index (χ0) is 15.8. The molecule has 0 saturated heterocycles. The van der Waals surface area contributed by atoms with Crippen LogP contribution in [0.1, 0.15) is 31.9 Å². The van der Waals surface area contributed by atoms with E-state index in [-0.39, 0.29) is 11.9 Å². The van der Waals surface area contributed by atoms with E-state index in [4.69, 9.17) is 0 Å². The van der Waals surface area contributed by atoms with Gasteiger partial charge in [0.05, 0.1) is 11.8 Å². The molecule has 2 rings (SSSR count). The predicted octanol–water partition coefficient (Wildman–Crippen LogP) is 4.68. The van der Waals surface area contributed by atoms with Gasteiger partial charge in [0.1, 0.15) is 0 Å². The van der Waals surface area contributed by atoms with Crippen molar-refractivity contribution in [1.82, 2.24) is 5.32 Å². The lowest BCUT2D eigenvalue weighted by atomic mass is 9.97. The molecule has 2 nitrogen and oxygen atoms in total. The SMILES string of the molecule is CC(C)C[C@@H](NC(=O)CSc1ccccc1)c1ccccc1. The first-order valence-electron chi connectivity index (χ1n) is 7.67. The van der Waals surface area contributed by atoms with E-state index in [1.54, 1.807) is 11.8 Å². The maximum atomic E-state index is 12.2. The fourth-order valence-corrected chi connectivity index (χ4v) is 3.07. The molecular weight excluding hydrogens is 290 g/mol. The minimum atomic E-state index is 0.0864. The first kappa shape index (κ1) is 16.6. The van der Waals surface area contributed by atoms with Gasteiger partial charge in [0.25, 0.3) is 0 Å². The first-order chi connectivity index (χ1) is 10.6. The summed E-state index contributed by atoms with van der Waals surface area (Å²) in [6.45, 7) is 4.36. The van der Waals surface area contributed by atoms with Crippen LogP contribution in [0.15, 0.2) is 65.6 Å². The minimum Gasteiger partial charge on any atom is -0.349 e. The van der Waals surface area contributed by atoms with E-state index >= 15 is 0 Å². The molecule has 116 valence electrons. The van der Waals surface area contributed by atoms with Crippen LogP contribution in [-0.2, 0) is 4.79 Å². The first-order valence-corrected chi connectivity index (χ1v) is 8.66. The number of hydrogen-bond donors (Lipinski definition) is 1. The fraction of sp³-hybridized carbons (Fsp3) is 0.316. The van der Waals surface area contributed by atoms with Crippen molar-refractivity contribution in [2.75, 3.05) is 5.75 Å². The summed E-state index contributed by atoms with van der Waals surface area (Å²) in [4.78, 5) is 13.4. The Bertz CT molecular complexity index is 569. The second kappa shape index (κ2) is 8.64. The zero-order valence-electron chi connectivity index (χ0n) is 13.2. The van der Waals surface area contributed by atoms with Crippen molar-refractivity contribution in [2.24, 2.45) is 5.92 Å². The highest BCUT2D eigenvalue weighted by Crippen LogP contribution is 2.22. The summed E-state index contributed by atoms with van der Waals surface area (Å²) in [7, 11) is 0. The third-order valence-corrected chi connectivity index (χ3v) is 4.37. The van der Waals surface area contributed by atoms with Crippen LogP contribution in [0, 0.1) is 5.92 Å². The van der Waals surface area contributed by atoms with Gasteiger partial charge in [0.2, 0.25) is 5.91 Å². The molecule has 0 aliphatic rings. The van der Waals surface area contributed by atoms with Gasteiger partial charge in [0.15, 0.2) is 0 Å². The molecule has 0 aromatic heterocycles. The van der Waals surface area contributed by atoms with Crippen molar-refractivity contribution in [3.8, 4) is 0 Å². The van der Waals surface area contributed by atoms with Crippen LogP contribution in [0.2, 0.25) is 0 Å². The Labute approximate surface area is 137 Å². The number of carbonyl (C=O) groups excluding carboxylic acids is 1. The van der Waals surface area contributed by atoms with Crippen LogP contribution < -0.4 is 5.32 Å². The summed E-state index contributed by atoms with van der Waals surface area (Å²) < 4.78 is 0. The van der Waals surface area contributed by atoms with E-state index in [0.29, 0.717) is 11.7 Å². The van der Waals surface area contributed by atoms with Crippen LogP contribution in [0.25, 0.3) is 0 Å². The van der Waals surface area contributed by atoms with Gasteiger partial charge in [-0.25, -0.2) is 0 Å². The van der Waals surface area contributed by atoms with Crippen LogP contribution in [-0.4, -0.2) is 11.7 Å². The van der Waals surface area contributed by atoms with Gasteiger partial charge in [0, 0.05) is 4.90 Å². The van der Waals surface area contributed by atoms with E-state index < -0.39 is 0 Å². The average molecular weight is 313 g/mol. The van der Waals surface area contributed by atoms with Crippen LogP contribution in [0.3, 0.4) is 0 Å². The average Bonchev–Trinajstić information content (AvgIpc) is 2.54. The van der Waals surface area contributed by atoms with E-state index in [2.05, 4.69) is 31.3 Å². The van der Waals surface area contributed by atoms with Crippen molar-refractivity contribution >= 4 is 17.7 Å². The highest BCUT2D eigenvalue weighted by Gasteiger charge is 2.16. The molecule has 0 aliphatic heterocycles. The molecule has 1 amide bonds. The Morgan fingerprint density at radius 1 is 1.00 bits per heavy atom. The maximum Gasteiger partial charge on any atom is 0.230 e. The van der Waals surface area contributed by atoms with E-state index in [9.17, 15) is 4.79 Å². The summed E-state index contributed by atoms with van der Waals surface area (Å²) in [5.41, 5.74) is 1.18. The van der Waals surface area contributed by atoms with E-state index in [1.165, 1.54) is 5.56 Å². The monoisotopic (exact) mass is 313 g/mol. The minimum absolute atomic E-state index is 0.0864. The lowest BCUT2D eigenvalue weighted by Gasteiger charge is -2.21. The largest absolute Gasteiger partial charge is 0.349 e. The zero-order valence-corrected chi connectivity index (χ0v) is 14.0.